The average Bonchev–Trinajstić information content (AvgIpc) is 2.65. The van der Waals surface area contributed by atoms with Gasteiger partial charge in [0, 0.05) is 5.56 Å². The fraction of sp³-hybridized carbons (Fsp3) is 0.238. The number of hydrogen-bond donors (Lipinski definition) is 1. The van der Waals surface area contributed by atoms with E-state index in [0.717, 1.165) is 29.7 Å². The van der Waals surface area contributed by atoms with E-state index in [9.17, 15) is 4.79 Å². The summed E-state index contributed by atoms with van der Waals surface area (Å²) in [5.74, 6) is 1.26. The molecule has 25 heavy (non-hydrogen) atoms. The van der Waals surface area contributed by atoms with Crippen LogP contribution >= 0.6 is 0 Å². The molecule has 0 atom stereocenters. The molecular weight excluding hydrogens is 312 g/mol. The van der Waals surface area contributed by atoms with E-state index in [-0.39, 0.29) is 5.56 Å². The largest absolute Gasteiger partial charge is 0.493 e. The molecule has 0 aliphatic rings. The highest BCUT2D eigenvalue weighted by atomic mass is 16.5. The van der Waals surface area contributed by atoms with Crippen molar-refractivity contribution < 1.29 is 4.74 Å². The maximum Gasteiger partial charge on any atom is 0.259 e. The molecule has 4 heteroatoms. The van der Waals surface area contributed by atoms with E-state index in [4.69, 9.17) is 9.72 Å². The topological polar surface area (TPSA) is 55.0 Å². The molecule has 0 saturated heterocycles. The number of benzene rings is 2. The van der Waals surface area contributed by atoms with Gasteiger partial charge in [0.1, 0.15) is 11.6 Å². The van der Waals surface area contributed by atoms with Crippen LogP contribution in [0.3, 0.4) is 0 Å². The van der Waals surface area contributed by atoms with Crippen molar-refractivity contribution in [3.63, 3.8) is 0 Å². The maximum atomic E-state index is 12.6. The molecule has 0 radical (unpaired) electrons. The first-order chi connectivity index (χ1) is 12.2. The molecule has 0 saturated carbocycles. The van der Waals surface area contributed by atoms with Crippen molar-refractivity contribution in [3.8, 4) is 17.1 Å². The number of rotatable bonds is 6. The number of ether oxygens (including phenoxy) is 1. The number of aromatic nitrogens is 2. The Morgan fingerprint density at radius 1 is 1.12 bits per heavy atom. The molecule has 0 spiro atoms. The second kappa shape index (κ2) is 7.79. The first kappa shape index (κ1) is 17.0. The van der Waals surface area contributed by atoms with Gasteiger partial charge in [0.15, 0.2) is 0 Å². The Morgan fingerprint density at radius 3 is 2.76 bits per heavy atom. The summed E-state index contributed by atoms with van der Waals surface area (Å²) in [6, 6.07) is 13.3. The van der Waals surface area contributed by atoms with E-state index in [1.165, 1.54) is 0 Å². The third-order valence-electron chi connectivity index (χ3n) is 3.90. The van der Waals surface area contributed by atoms with Crippen LogP contribution in [0.5, 0.6) is 5.75 Å². The van der Waals surface area contributed by atoms with Crippen LogP contribution in [0.4, 0.5) is 0 Å². The molecular formula is C21H22N2O2. The monoisotopic (exact) mass is 334 g/mol. The summed E-state index contributed by atoms with van der Waals surface area (Å²) in [6.07, 6.45) is 5.93. The average molecular weight is 334 g/mol. The molecule has 3 aromatic rings. The van der Waals surface area contributed by atoms with Crippen LogP contribution in [0, 0.1) is 0 Å². The standard InChI is InChI=1S/C21H22N2O2/c1-3-5-9-15-10-8-12-17-19(15)22-20(23-21(17)24)16-11-6-7-13-18(16)25-14-4-2/h5-13H,3-4,14H2,1-2H3,(H,22,23,24)/b9-5-. The second-order valence-corrected chi connectivity index (χ2v) is 5.81. The van der Waals surface area contributed by atoms with Crippen LogP contribution in [-0.2, 0) is 0 Å². The molecule has 0 aliphatic carbocycles. The molecule has 1 aromatic heterocycles. The van der Waals surface area contributed by atoms with Crippen molar-refractivity contribution >= 4 is 17.0 Å². The Morgan fingerprint density at radius 2 is 1.96 bits per heavy atom. The molecule has 128 valence electrons. The number of H-pyrrole nitrogens is 1. The number of fused-ring (bicyclic) bond motifs is 1. The van der Waals surface area contributed by atoms with Gasteiger partial charge in [-0.3, -0.25) is 4.79 Å². The van der Waals surface area contributed by atoms with Crippen LogP contribution in [-0.4, -0.2) is 16.6 Å². The number of para-hydroxylation sites is 2. The maximum absolute atomic E-state index is 12.6. The van der Waals surface area contributed by atoms with Crippen molar-refractivity contribution in [1.82, 2.24) is 9.97 Å². The number of allylic oxidation sites excluding steroid dienone is 1. The van der Waals surface area contributed by atoms with E-state index in [2.05, 4.69) is 24.9 Å². The van der Waals surface area contributed by atoms with Gasteiger partial charge >= 0.3 is 0 Å². The SMILES string of the molecule is CC/C=C\c1cccc2c(=O)[nH]c(-c3ccccc3OCCC)nc12. The van der Waals surface area contributed by atoms with Crippen LogP contribution < -0.4 is 10.3 Å². The molecule has 0 amide bonds. The van der Waals surface area contributed by atoms with Crippen molar-refractivity contribution in [2.24, 2.45) is 0 Å². The minimum Gasteiger partial charge on any atom is -0.493 e. The second-order valence-electron chi connectivity index (χ2n) is 5.81. The minimum absolute atomic E-state index is 0.142. The fourth-order valence-electron chi connectivity index (χ4n) is 2.69. The molecule has 3 rings (SSSR count). The molecule has 4 nitrogen and oxygen atoms in total. The number of nitrogens with one attached hydrogen (secondary N) is 1. The smallest absolute Gasteiger partial charge is 0.259 e. The summed E-state index contributed by atoms with van der Waals surface area (Å²) in [5, 5.41) is 0.592. The van der Waals surface area contributed by atoms with Gasteiger partial charge in [-0.2, -0.15) is 0 Å². The Hall–Kier alpha value is -2.88. The Labute approximate surface area is 147 Å². The van der Waals surface area contributed by atoms with Crippen molar-refractivity contribution in [2.45, 2.75) is 26.7 Å². The molecule has 2 aromatic carbocycles. The number of aromatic amines is 1. The summed E-state index contributed by atoms with van der Waals surface area (Å²) in [4.78, 5) is 20.2. The van der Waals surface area contributed by atoms with Gasteiger partial charge in [-0.25, -0.2) is 4.98 Å². The molecule has 1 N–H and O–H groups in total. The Balaban J connectivity index is 2.18. The van der Waals surface area contributed by atoms with E-state index < -0.39 is 0 Å². The molecule has 0 fully saturated rings. The first-order valence-electron chi connectivity index (χ1n) is 8.66. The van der Waals surface area contributed by atoms with E-state index in [1.54, 1.807) is 6.07 Å². The van der Waals surface area contributed by atoms with Gasteiger partial charge in [0.25, 0.3) is 5.56 Å². The predicted octanol–water partition coefficient (Wildman–Crippen LogP) is 4.80. The molecule has 0 unspecified atom stereocenters. The zero-order valence-electron chi connectivity index (χ0n) is 14.6. The van der Waals surface area contributed by atoms with E-state index in [0.29, 0.717) is 23.3 Å². The van der Waals surface area contributed by atoms with Gasteiger partial charge in [0.05, 0.1) is 23.1 Å². The highest BCUT2D eigenvalue weighted by Crippen LogP contribution is 2.28. The quantitative estimate of drug-likeness (QED) is 0.704. The lowest BCUT2D eigenvalue weighted by Gasteiger charge is -2.11. The lowest BCUT2D eigenvalue weighted by molar-refractivity contribution is 0.318. The highest BCUT2D eigenvalue weighted by molar-refractivity contribution is 5.88. The summed E-state index contributed by atoms with van der Waals surface area (Å²) in [5.41, 5.74) is 2.30. The number of hydrogen-bond acceptors (Lipinski definition) is 3. The Bertz CT molecular complexity index is 958. The van der Waals surface area contributed by atoms with Gasteiger partial charge in [0.2, 0.25) is 0 Å². The lowest BCUT2D eigenvalue weighted by atomic mass is 10.1. The molecule has 0 bridgehead atoms. The van der Waals surface area contributed by atoms with Gasteiger partial charge in [-0.1, -0.05) is 50.3 Å². The van der Waals surface area contributed by atoms with Crippen LogP contribution in [0.15, 0.2) is 53.3 Å². The normalized spacial score (nSPS) is 11.3. The van der Waals surface area contributed by atoms with Crippen molar-refractivity contribution in [1.29, 1.82) is 0 Å². The third kappa shape index (κ3) is 3.63. The zero-order valence-corrected chi connectivity index (χ0v) is 14.6. The third-order valence-corrected chi connectivity index (χ3v) is 3.90. The fourth-order valence-corrected chi connectivity index (χ4v) is 2.69. The van der Waals surface area contributed by atoms with E-state index >= 15 is 0 Å². The van der Waals surface area contributed by atoms with Gasteiger partial charge in [-0.15, -0.1) is 0 Å². The van der Waals surface area contributed by atoms with Crippen LogP contribution in [0.2, 0.25) is 0 Å². The zero-order chi connectivity index (χ0) is 17.6. The predicted molar refractivity (Wildman–Crippen MR) is 103 cm³/mol. The summed E-state index contributed by atoms with van der Waals surface area (Å²) < 4.78 is 5.81. The first-order valence-corrected chi connectivity index (χ1v) is 8.66. The minimum atomic E-state index is -0.142. The summed E-state index contributed by atoms with van der Waals surface area (Å²) in [7, 11) is 0. The van der Waals surface area contributed by atoms with Crippen LogP contribution in [0.1, 0.15) is 32.3 Å². The Kier molecular flexibility index (Phi) is 5.29. The van der Waals surface area contributed by atoms with Crippen LogP contribution in [0.25, 0.3) is 28.4 Å². The summed E-state index contributed by atoms with van der Waals surface area (Å²) in [6.45, 7) is 4.76. The molecule has 0 aliphatic heterocycles. The van der Waals surface area contributed by atoms with Crippen molar-refractivity contribution in [2.75, 3.05) is 6.61 Å². The number of nitrogens with zero attached hydrogens (tertiary/aromatic N) is 1. The molecule has 1 heterocycles. The lowest BCUT2D eigenvalue weighted by Crippen LogP contribution is -2.10. The van der Waals surface area contributed by atoms with Crippen molar-refractivity contribution in [3.05, 3.63) is 64.5 Å². The highest BCUT2D eigenvalue weighted by Gasteiger charge is 2.12. The van der Waals surface area contributed by atoms with Gasteiger partial charge in [-0.05, 0) is 31.0 Å². The van der Waals surface area contributed by atoms with Gasteiger partial charge < -0.3 is 9.72 Å². The summed E-state index contributed by atoms with van der Waals surface area (Å²) >= 11 is 0. The van der Waals surface area contributed by atoms with E-state index in [1.807, 2.05) is 42.5 Å².